The molecule has 0 bridgehead atoms. The average molecular weight is 126 g/mol. The summed E-state index contributed by atoms with van der Waals surface area (Å²) in [6.07, 6.45) is 0. The Balaban J connectivity index is -0.00000000750. The fraction of sp³-hybridized carbons (Fsp3) is 0. The predicted octanol–water partition coefficient (Wildman–Crippen LogP) is -10.5. The van der Waals surface area contributed by atoms with Crippen molar-refractivity contribution >= 4 is 9.17 Å². The van der Waals surface area contributed by atoms with Crippen molar-refractivity contribution in [3.05, 3.63) is 0 Å². The molecular weight excluding hydrogens is 122 g/mol. The zero-order valence-electron chi connectivity index (χ0n) is 4.72. The summed E-state index contributed by atoms with van der Waals surface area (Å²) in [6, 6.07) is 0. The zero-order chi connectivity index (χ0) is 3.58. The van der Waals surface area contributed by atoms with Crippen LogP contribution in [0, 0.1) is 0 Å². The smallest absolute Gasteiger partial charge is 0.672 e. The van der Waals surface area contributed by atoms with Crippen LogP contribution in [0.2, 0.25) is 0 Å². The van der Waals surface area contributed by atoms with Crippen LogP contribution >= 0.6 is 0 Å². The first-order valence-electron chi connectivity index (χ1n) is 0.612. The maximum Gasteiger partial charge on any atom is 1.00 e. The summed E-state index contributed by atoms with van der Waals surface area (Å²) >= 11 is 0. The molecule has 8 heteroatoms. The molecule has 0 aromatic carbocycles. The number of hydrogen-bond donors (Lipinski definition) is 0. The molecule has 0 saturated carbocycles. The van der Waals surface area contributed by atoms with Crippen molar-refractivity contribution in [1.29, 1.82) is 0 Å². The molecule has 0 heterocycles. The Kier molecular flexibility index (Phi) is 118. The fourth-order valence-corrected chi connectivity index (χ4v) is 0. The molecule has 0 spiro atoms. The summed E-state index contributed by atoms with van der Waals surface area (Å²) in [5, 5.41) is 0. The van der Waals surface area contributed by atoms with Crippen LogP contribution in [0.5, 0.6) is 0 Å². The average Bonchev–Trinajstić information content (AvgIpc) is 0.811. The fourth-order valence-electron chi connectivity index (χ4n) is 0. The molecule has 5 nitrogen and oxygen atoms in total. The van der Waals surface area contributed by atoms with Crippen molar-refractivity contribution in [3.8, 4) is 0 Å². The van der Waals surface area contributed by atoms with E-state index in [2.05, 4.69) is 0 Å². The van der Waals surface area contributed by atoms with Crippen molar-refractivity contribution in [2.75, 3.05) is 0 Å². The van der Waals surface area contributed by atoms with Crippen LogP contribution in [0.3, 0.4) is 0 Å². The molecule has 0 aromatic heterocycles. The van der Waals surface area contributed by atoms with Crippen LogP contribution in [0.1, 0.15) is 0 Å². The second kappa shape index (κ2) is 25.2. The van der Waals surface area contributed by atoms with E-state index < -0.39 is 9.17 Å². The molecule has 0 amide bonds. The van der Waals surface area contributed by atoms with Gasteiger partial charge in [0.25, 0.3) is 0 Å². The molecule has 0 aromatic rings. The van der Waals surface area contributed by atoms with Crippen LogP contribution in [-0.4, -0.2) is 20.1 Å². The van der Waals surface area contributed by atoms with Crippen LogP contribution < -0.4 is 47.3 Å². The zero-order valence-corrected chi connectivity index (χ0v) is 5.72. The summed E-state index contributed by atoms with van der Waals surface area (Å²) in [4.78, 5) is 17.0. The summed E-state index contributed by atoms with van der Waals surface area (Å²) in [5.74, 6) is 0. The third-order valence-corrected chi connectivity index (χ3v) is 0. The van der Waals surface area contributed by atoms with E-state index in [0.717, 1.165) is 0 Å². The van der Waals surface area contributed by atoms with Gasteiger partial charge in [-0.25, -0.2) is 0 Å². The maximum absolute atomic E-state index is 8.52. The third kappa shape index (κ3) is 413. The normalized spacial score (nSPS) is 3.00. The molecule has 0 aliphatic heterocycles. The van der Waals surface area contributed by atoms with Crippen LogP contribution in [0.4, 0.5) is 0 Å². The third-order valence-electron chi connectivity index (χ3n) is 0. The van der Waals surface area contributed by atoms with Crippen molar-refractivity contribution < 1.29 is 62.7 Å². The Labute approximate surface area is 72.0 Å². The molecule has 0 fully saturated rings. The summed E-state index contributed by atoms with van der Waals surface area (Å²) < 4.78 is 8.52. The Morgan fingerprint density at radius 1 is 1.00 bits per heavy atom. The molecule has 0 atom stereocenters. The standard InChI is InChI=1S/2Li.O3Si.2H2O/c;;1-4(2)3;;/h;;;2*1H2/q2*+1;-2;;. The molecule has 0 unspecified atom stereocenters. The Morgan fingerprint density at radius 2 is 1.00 bits per heavy atom. The Hall–Kier alpha value is 0.732. The predicted molar refractivity (Wildman–Crippen MR) is 13.7 cm³/mol. The largest absolute Gasteiger partial charge is 1.00 e. The van der Waals surface area contributed by atoms with Crippen molar-refractivity contribution in [2.24, 2.45) is 0 Å². The van der Waals surface area contributed by atoms with E-state index in [9.17, 15) is 0 Å². The first-order chi connectivity index (χ1) is 1.73. The van der Waals surface area contributed by atoms with Crippen molar-refractivity contribution in [3.63, 3.8) is 0 Å². The SMILES string of the molecule is O.O.O=[Si]([O-])[O-].[Li+].[Li+]. The summed E-state index contributed by atoms with van der Waals surface area (Å²) in [7, 11) is -3.63. The van der Waals surface area contributed by atoms with Gasteiger partial charge in [-0.15, -0.1) is 0 Å². The van der Waals surface area contributed by atoms with Gasteiger partial charge >= 0.3 is 37.7 Å². The van der Waals surface area contributed by atoms with E-state index in [1.54, 1.807) is 0 Å². The first-order valence-corrected chi connectivity index (χ1v) is 1.84. The topological polar surface area (TPSA) is 126 Å². The van der Waals surface area contributed by atoms with Gasteiger partial charge in [0.05, 0.1) is 0 Å². The van der Waals surface area contributed by atoms with E-state index in [1.165, 1.54) is 0 Å². The Morgan fingerprint density at radius 3 is 1.00 bits per heavy atom. The van der Waals surface area contributed by atoms with E-state index in [1.807, 2.05) is 0 Å². The summed E-state index contributed by atoms with van der Waals surface area (Å²) in [6.45, 7) is 0. The molecule has 40 valence electrons. The second-order valence-corrected chi connectivity index (χ2v) is 0.750. The molecule has 0 aliphatic carbocycles. The molecule has 0 aliphatic rings. The van der Waals surface area contributed by atoms with Gasteiger partial charge < -0.3 is 25.0 Å². The van der Waals surface area contributed by atoms with Gasteiger partial charge in [0.1, 0.15) is 0 Å². The molecular formula is H4Li2O5Si. The van der Waals surface area contributed by atoms with Gasteiger partial charge in [0, 0.05) is 9.17 Å². The van der Waals surface area contributed by atoms with Gasteiger partial charge in [-0.2, -0.15) is 0 Å². The quantitative estimate of drug-likeness (QED) is 0.299. The van der Waals surface area contributed by atoms with E-state index in [-0.39, 0.29) is 48.7 Å². The van der Waals surface area contributed by atoms with Crippen LogP contribution in [0.15, 0.2) is 0 Å². The monoisotopic (exact) mass is 126 g/mol. The van der Waals surface area contributed by atoms with Crippen LogP contribution in [-0.2, 0) is 4.46 Å². The van der Waals surface area contributed by atoms with Gasteiger partial charge in [0.15, 0.2) is 0 Å². The minimum absolute atomic E-state index is 0. The van der Waals surface area contributed by atoms with Crippen molar-refractivity contribution in [1.82, 2.24) is 0 Å². The van der Waals surface area contributed by atoms with Gasteiger partial charge in [-0.3, -0.25) is 0 Å². The minimum Gasteiger partial charge on any atom is -0.672 e. The molecule has 8 heavy (non-hydrogen) atoms. The minimum atomic E-state index is -3.63. The summed E-state index contributed by atoms with van der Waals surface area (Å²) in [5.41, 5.74) is 0. The maximum atomic E-state index is 8.52. The molecule has 4 N–H and O–H groups in total. The van der Waals surface area contributed by atoms with Crippen molar-refractivity contribution in [2.45, 2.75) is 0 Å². The molecule has 0 saturated heterocycles. The first kappa shape index (κ1) is 37.5. The van der Waals surface area contributed by atoms with E-state index in [4.69, 9.17) is 14.1 Å². The van der Waals surface area contributed by atoms with E-state index in [0.29, 0.717) is 0 Å². The van der Waals surface area contributed by atoms with Crippen LogP contribution in [0.25, 0.3) is 0 Å². The van der Waals surface area contributed by atoms with Gasteiger partial charge in [-0.05, 0) is 0 Å². The number of rotatable bonds is 0. The second-order valence-electron chi connectivity index (χ2n) is 0.250. The molecule has 0 radical (unpaired) electrons. The number of hydrogen-bond acceptors (Lipinski definition) is 3. The molecule has 0 rings (SSSR count). The van der Waals surface area contributed by atoms with E-state index >= 15 is 0 Å². The van der Waals surface area contributed by atoms with Gasteiger partial charge in [-0.1, -0.05) is 0 Å². The van der Waals surface area contributed by atoms with Gasteiger partial charge in [0.2, 0.25) is 0 Å². The Bertz CT molecular complexity index is 33.4.